The summed E-state index contributed by atoms with van der Waals surface area (Å²) in [5.74, 6) is -0.539. The van der Waals surface area contributed by atoms with Crippen molar-refractivity contribution in [2.75, 3.05) is 33.2 Å². The highest BCUT2D eigenvalue weighted by atomic mass is 16.6. The van der Waals surface area contributed by atoms with Gasteiger partial charge in [0.15, 0.2) is 0 Å². The first-order chi connectivity index (χ1) is 15.1. The smallest absolute Gasteiger partial charge is 0.412 e. The van der Waals surface area contributed by atoms with Crippen molar-refractivity contribution >= 4 is 12.1 Å². The Morgan fingerprint density at radius 3 is 2.31 bits per heavy atom. The van der Waals surface area contributed by atoms with Crippen molar-refractivity contribution in [3.8, 4) is 0 Å². The summed E-state index contributed by atoms with van der Waals surface area (Å²) in [4.78, 5) is 29.5. The number of nitrogens with zero attached hydrogens (tertiary/aromatic N) is 2. The molecule has 0 bridgehead atoms. The van der Waals surface area contributed by atoms with Gasteiger partial charge in [-0.3, -0.25) is 5.32 Å². The molecule has 1 amide bonds. The van der Waals surface area contributed by atoms with E-state index in [0.29, 0.717) is 5.70 Å². The lowest BCUT2D eigenvalue weighted by atomic mass is 10.1. The van der Waals surface area contributed by atoms with Gasteiger partial charge < -0.3 is 19.3 Å². The molecular weight excluding hydrogens is 406 g/mol. The highest BCUT2D eigenvalue weighted by Crippen LogP contribution is 2.19. The minimum atomic E-state index is -0.642. The van der Waals surface area contributed by atoms with E-state index in [1.54, 1.807) is 26.8 Å². The van der Waals surface area contributed by atoms with Crippen molar-refractivity contribution in [2.45, 2.75) is 39.9 Å². The van der Waals surface area contributed by atoms with E-state index in [0.717, 1.165) is 37.4 Å². The van der Waals surface area contributed by atoms with E-state index >= 15 is 0 Å². The quantitative estimate of drug-likeness (QED) is 0.394. The highest BCUT2D eigenvalue weighted by Gasteiger charge is 2.23. The first-order valence-electron chi connectivity index (χ1n) is 10.8. The van der Waals surface area contributed by atoms with E-state index < -0.39 is 17.7 Å². The van der Waals surface area contributed by atoms with Gasteiger partial charge >= 0.3 is 12.1 Å². The normalized spacial score (nSPS) is 15.8. The fourth-order valence-corrected chi connectivity index (χ4v) is 3.18. The summed E-state index contributed by atoms with van der Waals surface area (Å²) in [5, 5.41) is 2.80. The van der Waals surface area contributed by atoms with E-state index in [2.05, 4.69) is 28.7 Å². The molecule has 32 heavy (non-hydrogen) atoms. The van der Waals surface area contributed by atoms with Gasteiger partial charge in [-0.1, -0.05) is 43.0 Å². The highest BCUT2D eigenvalue weighted by molar-refractivity contribution is 5.91. The van der Waals surface area contributed by atoms with Gasteiger partial charge in [-0.25, -0.2) is 9.59 Å². The minimum absolute atomic E-state index is 0.145. The van der Waals surface area contributed by atoms with Crippen LogP contribution in [0, 0.1) is 0 Å². The zero-order valence-electron chi connectivity index (χ0n) is 19.8. The fraction of sp³-hybridized carbons (Fsp3) is 0.440. The molecule has 1 fully saturated rings. The molecule has 0 spiro atoms. The number of rotatable bonds is 7. The van der Waals surface area contributed by atoms with Gasteiger partial charge in [0.25, 0.3) is 0 Å². The van der Waals surface area contributed by atoms with Gasteiger partial charge in [0.05, 0.1) is 17.0 Å². The first-order valence-corrected chi connectivity index (χ1v) is 10.8. The summed E-state index contributed by atoms with van der Waals surface area (Å²) >= 11 is 0. The number of amides is 1. The predicted octanol–water partition coefficient (Wildman–Crippen LogP) is 3.85. The Morgan fingerprint density at radius 1 is 1.12 bits per heavy atom. The SMILES string of the molecule is C=C(/C=C(NC(=O)OCc1ccccc1)\C(=C/C)N1CCN(C)CC1)C(=O)OC(C)(C)C. The zero-order valence-corrected chi connectivity index (χ0v) is 19.8. The Morgan fingerprint density at radius 2 is 1.75 bits per heavy atom. The van der Waals surface area contributed by atoms with Crippen LogP contribution in [0.2, 0.25) is 0 Å². The van der Waals surface area contributed by atoms with Gasteiger partial charge in [0.1, 0.15) is 12.2 Å². The van der Waals surface area contributed by atoms with E-state index in [1.807, 2.05) is 43.3 Å². The number of esters is 1. The van der Waals surface area contributed by atoms with Gasteiger partial charge in [-0.05, 0) is 46.4 Å². The Labute approximate surface area is 191 Å². The second-order valence-corrected chi connectivity index (χ2v) is 8.74. The third-order valence-corrected chi connectivity index (χ3v) is 4.82. The van der Waals surface area contributed by atoms with Gasteiger partial charge in [0, 0.05) is 26.2 Å². The molecule has 0 aliphatic carbocycles. The van der Waals surface area contributed by atoms with Crippen LogP contribution in [0.1, 0.15) is 33.3 Å². The lowest BCUT2D eigenvalue weighted by molar-refractivity contribution is -0.149. The van der Waals surface area contributed by atoms with E-state index in [9.17, 15) is 9.59 Å². The minimum Gasteiger partial charge on any atom is -0.456 e. The molecule has 1 aliphatic rings. The molecule has 1 heterocycles. The molecule has 0 radical (unpaired) electrons. The van der Waals surface area contributed by atoms with Crippen molar-refractivity contribution in [3.63, 3.8) is 0 Å². The maximum atomic E-state index is 12.6. The van der Waals surface area contributed by atoms with E-state index in [1.165, 1.54) is 0 Å². The summed E-state index contributed by atoms with van der Waals surface area (Å²) in [6, 6.07) is 9.45. The number of allylic oxidation sites excluding steroid dienone is 1. The van der Waals surface area contributed by atoms with E-state index in [4.69, 9.17) is 9.47 Å². The molecule has 2 rings (SSSR count). The van der Waals surface area contributed by atoms with Crippen LogP contribution in [-0.2, 0) is 20.9 Å². The molecule has 7 nitrogen and oxygen atoms in total. The van der Waals surface area contributed by atoms with Crippen LogP contribution in [0.3, 0.4) is 0 Å². The molecule has 1 aliphatic heterocycles. The summed E-state index contributed by atoms with van der Waals surface area (Å²) in [6.07, 6.45) is 2.85. The van der Waals surface area contributed by atoms with E-state index in [-0.39, 0.29) is 12.2 Å². The molecule has 1 N–H and O–H groups in total. The van der Waals surface area contributed by atoms with Crippen LogP contribution in [0.4, 0.5) is 4.79 Å². The number of hydrogen-bond donors (Lipinski definition) is 1. The maximum Gasteiger partial charge on any atom is 0.412 e. The average molecular weight is 442 g/mol. The van der Waals surface area contributed by atoms with Crippen LogP contribution in [0.5, 0.6) is 0 Å². The Hall–Kier alpha value is -3.06. The number of carbonyl (C=O) groups is 2. The molecule has 0 unspecified atom stereocenters. The number of piperazine rings is 1. The van der Waals surface area contributed by atoms with Crippen LogP contribution >= 0.6 is 0 Å². The fourth-order valence-electron chi connectivity index (χ4n) is 3.18. The Balaban J connectivity index is 2.19. The van der Waals surface area contributed by atoms with Crippen molar-refractivity contribution < 1.29 is 19.1 Å². The largest absolute Gasteiger partial charge is 0.456 e. The number of likely N-dealkylation sites (N-methyl/N-ethyl adjacent to an activating group) is 1. The standard InChI is InChI=1S/C25H35N3O4/c1-7-22(28-15-13-27(6)14-16-28)21(17-19(2)23(29)32-25(3,4)5)26-24(30)31-18-20-11-9-8-10-12-20/h7-12,17H,2,13-16,18H2,1,3-6H3,(H,26,30)/b21-17+,22-7+. The molecule has 7 heteroatoms. The molecule has 1 aromatic rings. The number of alkyl carbamates (subject to hydrolysis) is 1. The lowest BCUT2D eigenvalue weighted by Crippen LogP contribution is -2.45. The van der Waals surface area contributed by atoms with Crippen molar-refractivity contribution in [1.82, 2.24) is 15.1 Å². The third-order valence-electron chi connectivity index (χ3n) is 4.82. The Bertz CT molecular complexity index is 861. The maximum absolute atomic E-state index is 12.6. The summed E-state index contributed by atoms with van der Waals surface area (Å²) in [7, 11) is 2.08. The monoisotopic (exact) mass is 441 g/mol. The summed E-state index contributed by atoms with van der Waals surface area (Å²) in [5.41, 5.74) is 1.64. The predicted molar refractivity (Wildman–Crippen MR) is 126 cm³/mol. The second kappa shape index (κ2) is 11.5. The molecule has 0 saturated carbocycles. The molecule has 1 saturated heterocycles. The van der Waals surface area contributed by atoms with Crippen LogP contribution in [0.15, 0.2) is 66.0 Å². The lowest BCUT2D eigenvalue weighted by Gasteiger charge is -2.36. The Kier molecular flexibility index (Phi) is 9.08. The molecule has 174 valence electrons. The van der Waals surface area contributed by atoms with Gasteiger partial charge in [0.2, 0.25) is 0 Å². The van der Waals surface area contributed by atoms with Crippen LogP contribution in [0.25, 0.3) is 0 Å². The number of nitrogens with one attached hydrogen (secondary N) is 1. The van der Waals surface area contributed by atoms with Crippen LogP contribution in [-0.4, -0.2) is 60.7 Å². The van der Waals surface area contributed by atoms with Crippen molar-refractivity contribution in [1.29, 1.82) is 0 Å². The molecule has 0 aromatic heterocycles. The number of benzene rings is 1. The molecule has 1 aromatic carbocycles. The van der Waals surface area contributed by atoms with Crippen molar-refractivity contribution in [2.24, 2.45) is 0 Å². The third kappa shape index (κ3) is 8.23. The molecular formula is C25H35N3O4. The zero-order chi connectivity index (χ0) is 23.7. The summed E-state index contributed by atoms with van der Waals surface area (Å²) in [6.45, 7) is 14.7. The topological polar surface area (TPSA) is 71.1 Å². The van der Waals surface area contributed by atoms with Gasteiger partial charge in [-0.2, -0.15) is 0 Å². The number of hydrogen-bond acceptors (Lipinski definition) is 6. The first kappa shape index (κ1) is 25.2. The number of ether oxygens (including phenoxy) is 2. The molecule has 0 atom stereocenters. The van der Waals surface area contributed by atoms with Gasteiger partial charge in [-0.15, -0.1) is 0 Å². The van der Waals surface area contributed by atoms with Crippen molar-refractivity contribution in [3.05, 3.63) is 71.6 Å². The summed E-state index contributed by atoms with van der Waals surface area (Å²) < 4.78 is 10.8. The number of carbonyl (C=O) groups excluding carboxylic acids is 2. The van der Waals surface area contributed by atoms with Crippen LogP contribution < -0.4 is 5.32 Å². The second-order valence-electron chi connectivity index (χ2n) is 8.74. The average Bonchev–Trinajstić information content (AvgIpc) is 2.73.